The van der Waals surface area contributed by atoms with Crippen molar-refractivity contribution in [2.24, 2.45) is 5.10 Å². The van der Waals surface area contributed by atoms with Crippen molar-refractivity contribution >= 4 is 34.8 Å². The highest BCUT2D eigenvalue weighted by atomic mass is 32.2. The second kappa shape index (κ2) is 12.8. The van der Waals surface area contributed by atoms with E-state index in [9.17, 15) is 4.79 Å². The molecule has 2 N–H and O–H groups in total. The fraction of sp³-hybridized carbons (Fsp3) is 0.258. The van der Waals surface area contributed by atoms with Crippen molar-refractivity contribution in [2.75, 3.05) is 38.3 Å². The molecule has 8 heteroatoms. The highest BCUT2D eigenvalue weighted by Gasteiger charge is 2.17. The predicted molar refractivity (Wildman–Crippen MR) is 158 cm³/mol. The number of thioether (sulfide) groups is 1. The summed E-state index contributed by atoms with van der Waals surface area (Å²) in [5, 5.41) is 5.06. The monoisotopic (exact) mass is 541 g/mol. The molecule has 0 unspecified atom stereocenters. The summed E-state index contributed by atoms with van der Waals surface area (Å²) in [6, 6.07) is 23.2. The Balaban J connectivity index is 1.37. The smallest absolute Gasteiger partial charge is 0.272 e. The highest BCUT2D eigenvalue weighted by Crippen LogP contribution is 2.27. The lowest BCUT2D eigenvalue weighted by Gasteiger charge is -2.24. The van der Waals surface area contributed by atoms with Crippen LogP contribution in [0.5, 0.6) is 11.5 Å². The van der Waals surface area contributed by atoms with Crippen molar-refractivity contribution in [3.8, 4) is 22.8 Å². The van der Waals surface area contributed by atoms with E-state index in [0.29, 0.717) is 17.9 Å². The van der Waals surface area contributed by atoms with Crippen molar-refractivity contribution in [1.82, 2.24) is 10.4 Å². The lowest BCUT2D eigenvalue weighted by Crippen LogP contribution is -3.12. The quantitative estimate of drug-likeness (QED) is 0.245. The van der Waals surface area contributed by atoms with Gasteiger partial charge in [-0.1, -0.05) is 30.3 Å². The van der Waals surface area contributed by atoms with E-state index >= 15 is 0 Å². The van der Waals surface area contributed by atoms with E-state index in [0.717, 1.165) is 58.7 Å². The molecule has 0 radical (unpaired) electrons. The third kappa shape index (κ3) is 6.58. The zero-order valence-electron chi connectivity index (χ0n) is 22.3. The number of hydrazone groups is 1. The first-order valence-electron chi connectivity index (χ1n) is 13.2. The van der Waals surface area contributed by atoms with Crippen molar-refractivity contribution in [1.29, 1.82) is 0 Å². The molecular weight excluding hydrogens is 508 g/mol. The van der Waals surface area contributed by atoms with E-state index < -0.39 is 0 Å². The number of benzene rings is 3. The number of carbonyl (C=O) groups excluding carboxylic acids is 1. The summed E-state index contributed by atoms with van der Waals surface area (Å²) in [6.07, 6.45) is 1.68. The Morgan fingerprint density at radius 3 is 2.74 bits per heavy atom. The number of fused-ring (bicyclic) bond motifs is 1. The minimum absolute atomic E-state index is 0.295. The molecule has 0 atom stereocenters. The third-order valence-electron chi connectivity index (χ3n) is 6.73. The number of methoxy groups -OCH3 is 1. The fourth-order valence-electron chi connectivity index (χ4n) is 4.77. The first-order valence-corrected chi connectivity index (χ1v) is 14.3. The third-order valence-corrected chi connectivity index (χ3v) is 7.71. The molecule has 200 valence electrons. The molecule has 0 bridgehead atoms. The highest BCUT2D eigenvalue weighted by molar-refractivity contribution is 7.99. The van der Waals surface area contributed by atoms with E-state index in [1.165, 1.54) is 11.5 Å². The van der Waals surface area contributed by atoms with Gasteiger partial charge in [0.2, 0.25) is 0 Å². The number of rotatable bonds is 9. The summed E-state index contributed by atoms with van der Waals surface area (Å²) >= 11 is 2.01. The fourth-order valence-corrected chi connectivity index (χ4v) is 5.84. The van der Waals surface area contributed by atoms with Gasteiger partial charge in [-0.05, 0) is 55.0 Å². The van der Waals surface area contributed by atoms with Crippen LogP contribution in [0.1, 0.15) is 28.4 Å². The molecule has 1 fully saturated rings. The largest absolute Gasteiger partial charge is 0.496 e. The number of amides is 1. The average molecular weight is 542 g/mol. The zero-order valence-corrected chi connectivity index (χ0v) is 23.1. The van der Waals surface area contributed by atoms with Crippen molar-refractivity contribution in [3.05, 3.63) is 89.5 Å². The minimum atomic E-state index is -0.295. The molecule has 7 nitrogen and oxygen atoms in total. The summed E-state index contributed by atoms with van der Waals surface area (Å²) in [7, 11) is 1.70. The Hall–Kier alpha value is -3.88. The standard InChI is InChI=1S/C31H32N4O3S/c1-3-38-25-8-6-7-23(18-25)29-19-27(26-9-4-5-10-28(26)33-29)31(36)34-32-20-22-11-12-30(37-2)24(17-22)21-35-13-15-39-16-14-35/h4-12,17-20H,3,13-16,21H2,1-2H3,(H,34,36)/p+1/b32-20-. The molecule has 0 spiro atoms. The average Bonchev–Trinajstić information content (AvgIpc) is 2.97. The zero-order chi connectivity index (χ0) is 27.0. The van der Waals surface area contributed by atoms with Crippen molar-refractivity contribution in [3.63, 3.8) is 0 Å². The molecule has 1 amide bonds. The van der Waals surface area contributed by atoms with Crippen LogP contribution < -0.4 is 19.8 Å². The van der Waals surface area contributed by atoms with Crippen LogP contribution in [0.2, 0.25) is 0 Å². The Morgan fingerprint density at radius 2 is 1.92 bits per heavy atom. The molecule has 4 aromatic rings. The molecule has 2 heterocycles. The number of nitrogens with one attached hydrogen (secondary N) is 2. The maximum absolute atomic E-state index is 13.3. The second-order valence-corrected chi connectivity index (χ2v) is 10.6. The molecule has 0 aliphatic carbocycles. The van der Waals surface area contributed by atoms with Crippen LogP contribution >= 0.6 is 11.8 Å². The first-order chi connectivity index (χ1) is 19.1. The van der Waals surface area contributed by atoms with E-state index in [2.05, 4.69) is 16.6 Å². The molecule has 1 aromatic heterocycles. The molecule has 3 aromatic carbocycles. The van der Waals surface area contributed by atoms with Crippen LogP contribution in [0.15, 0.2) is 77.9 Å². The number of carbonyl (C=O) groups is 1. The van der Waals surface area contributed by atoms with Crippen molar-refractivity contribution in [2.45, 2.75) is 13.5 Å². The van der Waals surface area contributed by atoms with Gasteiger partial charge in [0.15, 0.2) is 0 Å². The van der Waals surface area contributed by atoms with Gasteiger partial charge >= 0.3 is 0 Å². The van der Waals surface area contributed by atoms with Gasteiger partial charge in [0.05, 0.1) is 49.8 Å². The number of ether oxygens (including phenoxy) is 2. The van der Waals surface area contributed by atoms with Crippen molar-refractivity contribution < 1.29 is 19.2 Å². The van der Waals surface area contributed by atoms with Crippen LogP contribution in [-0.2, 0) is 6.54 Å². The van der Waals surface area contributed by atoms with Crippen LogP contribution in [0.4, 0.5) is 0 Å². The number of quaternary nitrogens is 1. The number of aromatic nitrogens is 1. The van der Waals surface area contributed by atoms with Crippen LogP contribution in [-0.4, -0.2) is 55.4 Å². The molecule has 1 aliphatic rings. The molecule has 5 rings (SSSR count). The Bertz CT molecular complexity index is 1480. The van der Waals surface area contributed by atoms with Gasteiger partial charge < -0.3 is 14.4 Å². The summed E-state index contributed by atoms with van der Waals surface area (Å²) < 4.78 is 11.3. The summed E-state index contributed by atoms with van der Waals surface area (Å²) in [6.45, 7) is 5.74. The predicted octanol–water partition coefficient (Wildman–Crippen LogP) is 4.20. The van der Waals surface area contributed by atoms with Gasteiger partial charge in [0.25, 0.3) is 5.91 Å². The lowest BCUT2D eigenvalue weighted by atomic mass is 10.0. The van der Waals surface area contributed by atoms with E-state index in [-0.39, 0.29) is 5.91 Å². The lowest BCUT2D eigenvalue weighted by molar-refractivity contribution is -0.910. The van der Waals surface area contributed by atoms with E-state index in [1.807, 2.05) is 85.4 Å². The normalized spacial score (nSPS) is 14.0. The maximum atomic E-state index is 13.3. The SMILES string of the molecule is CCOc1cccc(-c2cc(C(=O)N/N=C\c3ccc(OC)c(C[NH+]4CCSCC4)c3)c3ccccc3n2)c1. The van der Waals surface area contributed by atoms with Crippen LogP contribution in [0.25, 0.3) is 22.2 Å². The molecule has 39 heavy (non-hydrogen) atoms. The Labute approximate surface area is 233 Å². The van der Waals surface area contributed by atoms with Crippen LogP contribution in [0, 0.1) is 0 Å². The minimum Gasteiger partial charge on any atom is -0.496 e. The summed E-state index contributed by atoms with van der Waals surface area (Å²) in [5.74, 6) is 3.73. The number of pyridine rings is 1. The van der Waals surface area contributed by atoms with Gasteiger partial charge in [-0.2, -0.15) is 16.9 Å². The number of nitrogens with zero attached hydrogens (tertiary/aromatic N) is 2. The summed E-state index contributed by atoms with van der Waals surface area (Å²) in [5.41, 5.74) is 7.60. The summed E-state index contributed by atoms with van der Waals surface area (Å²) in [4.78, 5) is 19.7. The Kier molecular flexibility index (Phi) is 8.75. The van der Waals surface area contributed by atoms with Crippen LogP contribution in [0.3, 0.4) is 0 Å². The molecule has 1 aliphatic heterocycles. The molecular formula is C31H33N4O3S+. The number of hydrogen-bond acceptors (Lipinski definition) is 6. The second-order valence-electron chi connectivity index (χ2n) is 9.34. The van der Waals surface area contributed by atoms with Gasteiger partial charge in [-0.3, -0.25) is 4.79 Å². The van der Waals surface area contributed by atoms with Gasteiger partial charge in [-0.25, -0.2) is 10.4 Å². The first kappa shape index (κ1) is 26.7. The molecule has 1 saturated heterocycles. The van der Waals surface area contributed by atoms with Gasteiger partial charge in [0, 0.05) is 28.0 Å². The van der Waals surface area contributed by atoms with Gasteiger partial charge in [-0.15, -0.1) is 0 Å². The number of hydrogen-bond donors (Lipinski definition) is 2. The number of para-hydroxylation sites is 1. The maximum Gasteiger partial charge on any atom is 0.272 e. The Morgan fingerprint density at radius 1 is 1.08 bits per heavy atom. The topological polar surface area (TPSA) is 77.2 Å². The van der Waals surface area contributed by atoms with E-state index in [4.69, 9.17) is 14.5 Å². The van der Waals surface area contributed by atoms with E-state index in [1.54, 1.807) is 18.2 Å². The van der Waals surface area contributed by atoms with Gasteiger partial charge in [0.1, 0.15) is 18.0 Å². The molecule has 0 saturated carbocycles.